The Morgan fingerprint density at radius 1 is 1.12 bits per heavy atom. The molecule has 2 rings (SSSR count). The number of likely N-dealkylation sites (N-methyl/N-ethyl adjacent to an activating group) is 1. The minimum atomic E-state index is -3.56. The average Bonchev–Trinajstić information content (AvgIpc) is 2.76. The lowest BCUT2D eigenvalue weighted by atomic mass is 10.2. The molecule has 0 heterocycles. The second-order valence-electron chi connectivity index (χ2n) is 7.04. The molecule has 0 saturated carbocycles. The van der Waals surface area contributed by atoms with Crippen molar-refractivity contribution in [1.29, 1.82) is 5.26 Å². The fourth-order valence-electron chi connectivity index (χ4n) is 2.43. The average molecular weight is 453 g/mol. The molecule has 0 fully saturated rings. The summed E-state index contributed by atoms with van der Waals surface area (Å²) in [6, 6.07) is 15.8. The standard InChI is InChI=1S/C23H24N4O4S/c1-17(2)23(28)31-14-13-27(3)21-11-9-20(10-12-21)26-25-19-7-5-18(6-8-19)15-22(16-24)32(4,29)30/h5-12,15H,1,13-14H2,2-4H3/b22-15?,26-25+. The molecule has 8 nitrogen and oxygen atoms in total. The molecule has 2 aromatic rings. The van der Waals surface area contributed by atoms with E-state index < -0.39 is 15.8 Å². The van der Waals surface area contributed by atoms with Gasteiger partial charge in [0.2, 0.25) is 0 Å². The van der Waals surface area contributed by atoms with Crippen LogP contribution in [0, 0.1) is 11.3 Å². The number of azo groups is 1. The first-order chi connectivity index (χ1) is 15.1. The highest BCUT2D eigenvalue weighted by Gasteiger charge is 2.10. The van der Waals surface area contributed by atoms with Crippen LogP contribution in [0.5, 0.6) is 0 Å². The fourth-order valence-corrected chi connectivity index (χ4v) is 2.94. The van der Waals surface area contributed by atoms with Crippen LogP contribution in [-0.4, -0.2) is 40.8 Å². The van der Waals surface area contributed by atoms with Gasteiger partial charge in [-0.25, -0.2) is 13.2 Å². The maximum Gasteiger partial charge on any atom is 0.333 e. The molecule has 2 aromatic carbocycles. The number of carbonyl (C=O) groups is 1. The summed E-state index contributed by atoms with van der Waals surface area (Å²) in [4.78, 5) is 13.1. The number of rotatable bonds is 9. The van der Waals surface area contributed by atoms with E-state index in [4.69, 9.17) is 10.00 Å². The van der Waals surface area contributed by atoms with Crippen LogP contribution in [0.3, 0.4) is 0 Å². The first kappa shape index (κ1) is 24.5. The number of carbonyl (C=O) groups excluding carboxylic acids is 1. The van der Waals surface area contributed by atoms with E-state index in [0.29, 0.717) is 29.1 Å². The van der Waals surface area contributed by atoms with Crippen molar-refractivity contribution in [2.24, 2.45) is 10.2 Å². The number of nitriles is 1. The van der Waals surface area contributed by atoms with Crippen LogP contribution in [0.25, 0.3) is 6.08 Å². The van der Waals surface area contributed by atoms with Crippen molar-refractivity contribution >= 4 is 38.9 Å². The molecular formula is C23H24N4O4S. The van der Waals surface area contributed by atoms with Gasteiger partial charge in [0.1, 0.15) is 17.6 Å². The van der Waals surface area contributed by atoms with E-state index in [9.17, 15) is 13.2 Å². The summed E-state index contributed by atoms with van der Waals surface area (Å²) < 4.78 is 28.1. The Labute approximate surface area is 188 Å². The largest absolute Gasteiger partial charge is 0.460 e. The highest BCUT2D eigenvalue weighted by molar-refractivity contribution is 7.95. The first-order valence-corrected chi connectivity index (χ1v) is 11.5. The first-order valence-electron chi connectivity index (χ1n) is 9.57. The van der Waals surface area contributed by atoms with Crippen molar-refractivity contribution in [3.8, 4) is 6.07 Å². The molecule has 0 aliphatic carbocycles. The molecule has 166 valence electrons. The number of nitrogens with zero attached hydrogens (tertiary/aromatic N) is 4. The van der Waals surface area contributed by atoms with Gasteiger partial charge in [-0.1, -0.05) is 18.7 Å². The van der Waals surface area contributed by atoms with Gasteiger partial charge in [0.05, 0.1) is 17.9 Å². The normalized spacial score (nSPS) is 11.8. The van der Waals surface area contributed by atoms with Crippen LogP contribution in [0.2, 0.25) is 0 Å². The number of allylic oxidation sites excluding steroid dienone is 1. The summed E-state index contributed by atoms with van der Waals surface area (Å²) >= 11 is 0. The summed E-state index contributed by atoms with van der Waals surface area (Å²) in [6.45, 7) is 5.94. The number of benzene rings is 2. The lowest BCUT2D eigenvalue weighted by molar-refractivity contribution is -0.138. The van der Waals surface area contributed by atoms with E-state index in [1.54, 1.807) is 37.3 Å². The fraction of sp³-hybridized carbons (Fsp3) is 0.217. The molecular weight excluding hydrogens is 428 g/mol. The van der Waals surface area contributed by atoms with E-state index in [2.05, 4.69) is 16.8 Å². The van der Waals surface area contributed by atoms with Gasteiger partial charge in [-0.05, 0) is 55.0 Å². The third kappa shape index (κ3) is 7.49. The van der Waals surface area contributed by atoms with Crippen LogP contribution in [-0.2, 0) is 19.4 Å². The molecule has 0 aromatic heterocycles. The van der Waals surface area contributed by atoms with E-state index in [1.807, 2.05) is 36.2 Å². The van der Waals surface area contributed by atoms with Crippen LogP contribution < -0.4 is 4.90 Å². The smallest absolute Gasteiger partial charge is 0.333 e. The number of esters is 1. The summed E-state index contributed by atoms with van der Waals surface area (Å²) in [7, 11) is -1.67. The van der Waals surface area contributed by atoms with Gasteiger partial charge in [0.25, 0.3) is 0 Å². The number of anilines is 1. The van der Waals surface area contributed by atoms with Crippen LogP contribution in [0.15, 0.2) is 75.8 Å². The van der Waals surface area contributed by atoms with Gasteiger partial charge in [0.15, 0.2) is 9.84 Å². The van der Waals surface area contributed by atoms with Gasteiger partial charge in [0, 0.05) is 24.6 Å². The van der Waals surface area contributed by atoms with Gasteiger partial charge >= 0.3 is 5.97 Å². The summed E-state index contributed by atoms with van der Waals surface area (Å²) in [5.41, 5.74) is 3.12. The van der Waals surface area contributed by atoms with E-state index in [1.165, 1.54) is 6.08 Å². The maximum atomic E-state index is 11.5. The Bertz CT molecular complexity index is 1180. The minimum Gasteiger partial charge on any atom is -0.460 e. The number of hydrogen-bond donors (Lipinski definition) is 0. The van der Waals surface area contributed by atoms with Gasteiger partial charge < -0.3 is 9.64 Å². The molecule has 32 heavy (non-hydrogen) atoms. The molecule has 0 unspecified atom stereocenters. The third-order valence-electron chi connectivity index (χ3n) is 4.28. The SMILES string of the molecule is C=C(C)C(=O)OCCN(C)c1ccc(/N=N/c2ccc(C=C(C#N)S(C)(=O)=O)cc2)cc1. The van der Waals surface area contributed by atoms with Gasteiger partial charge in [-0.15, -0.1) is 0 Å². The van der Waals surface area contributed by atoms with Crippen molar-refractivity contribution in [1.82, 2.24) is 0 Å². The molecule has 0 aliphatic heterocycles. The van der Waals surface area contributed by atoms with Crippen molar-refractivity contribution in [3.63, 3.8) is 0 Å². The van der Waals surface area contributed by atoms with Crippen molar-refractivity contribution in [2.75, 3.05) is 31.4 Å². The molecule has 0 saturated heterocycles. The highest BCUT2D eigenvalue weighted by Crippen LogP contribution is 2.22. The number of sulfone groups is 1. The molecule has 0 amide bonds. The van der Waals surface area contributed by atoms with E-state index in [-0.39, 0.29) is 11.5 Å². The lowest BCUT2D eigenvalue weighted by Crippen LogP contribution is -2.23. The topological polar surface area (TPSA) is 112 Å². The maximum absolute atomic E-state index is 11.5. The van der Waals surface area contributed by atoms with E-state index >= 15 is 0 Å². The monoisotopic (exact) mass is 452 g/mol. The second-order valence-corrected chi connectivity index (χ2v) is 9.02. The summed E-state index contributed by atoms with van der Waals surface area (Å²) in [5.74, 6) is -0.404. The number of hydrogen-bond acceptors (Lipinski definition) is 8. The molecule has 0 N–H and O–H groups in total. The van der Waals surface area contributed by atoms with Gasteiger partial charge in [-0.2, -0.15) is 15.5 Å². The van der Waals surface area contributed by atoms with Gasteiger partial charge in [-0.3, -0.25) is 0 Å². The Kier molecular flexibility index (Phi) is 8.44. The van der Waals surface area contributed by atoms with Crippen LogP contribution in [0.4, 0.5) is 17.1 Å². The van der Waals surface area contributed by atoms with Crippen molar-refractivity contribution in [2.45, 2.75) is 6.92 Å². The minimum absolute atomic E-state index is 0.259. The number of ether oxygens (including phenoxy) is 1. The zero-order chi connectivity index (χ0) is 23.7. The second kappa shape index (κ2) is 11.0. The predicted octanol–water partition coefficient (Wildman–Crippen LogP) is 4.57. The van der Waals surface area contributed by atoms with E-state index in [0.717, 1.165) is 11.9 Å². The molecule has 0 aliphatic rings. The quantitative estimate of drug-likeness (QED) is 0.238. The van der Waals surface area contributed by atoms with Crippen LogP contribution in [0.1, 0.15) is 12.5 Å². The Morgan fingerprint density at radius 2 is 1.66 bits per heavy atom. The third-order valence-corrected chi connectivity index (χ3v) is 5.29. The zero-order valence-corrected chi connectivity index (χ0v) is 19.0. The summed E-state index contributed by atoms with van der Waals surface area (Å²) in [5, 5.41) is 17.3. The molecule has 9 heteroatoms. The summed E-state index contributed by atoms with van der Waals surface area (Å²) in [6.07, 6.45) is 2.30. The van der Waals surface area contributed by atoms with Crippen molar-refractivity contribution in [3.05, 3.63) is 71.2 Å². The van der Waals surface area contributed by atoms with Crippen molar-refractivity contribution < 1.29 is 17.9 Å². The molecule has 0 radical (unpaired) electrons. The zero-order valence-electron chi connectivity index (χ0n) is 18.1. The lowest BCUT2D eigenvalue weighted by Gasteiger charge is -2.19. The molecule has 0 bridgehead atoms. The van der Waals surface area contributed by atoms with Crippen LogP contribution >= 0.6 is 0 Å². The Morgan fingerprint density at radius 3 is 2.12 bits per heavy atom. The Hall–Kier alpha value is -3.77. The predicted molar refractivity (Wildman–Crippen MR) is 125 cm³/mol. The Balaban J connectivity index is 1.98. The molecule has 0 spiro atoms. The highest BCUT2D eigenvalue weighted by atomic mass is 32.2. The molecule has 0 atom stereocenters.